The lowest BCUT2D eigenvalue weighted by atomic mass is 9.90. The molecule has 0 bridgehead atoms. The van der Waals surface area contributed by atoms with E-state index >= 15 is 0 Å². The number of allylic oxidation sites excluding steroid dienone is 3. The summed E-state index contributed by atoms with van der Waals surface area (Å²) in [6.45, 7) is 12.0. The van der Waals surface area contributed by atoms with Crippen LogP contribution < -0.4 is 16.0 Å². The molecule has 1 aromatic heterocycles. The van der Waals surface area contributed by atoms with Gasteiger partial charge in [-0.1, -0.05) is 26.8 Å². The number of hydrogen-bond donors (Lipinski definition) is 7. The molecule has 234 valence electrons. The molecule has 0 radical (unpaired) electrons. The van der Waals surface area contributed by atoms with Gasteiger partial charge in [0, 0.05) is 71.0 Å². The first-order valence-corrected chi connectivity index (χ1v) is 15.3. The van der Waals surface area contributed by atoms with Gasteiger partial charge in [-0.2, -0.15) is 0 Å². The van der Waals surface area contributed by atoms with Crippen molar-refractivity contribution < 1.29 is 29.7 Å². The average molecular weight is 595 g/mol. The first-order chi connectivity index (χ1) is 20.4. The number of nitrogens with one attached hydrogen (secondary N) is 4. The second-order valence-corrected chi connectivity index (χ2v) is 12.2. The molecule has 1 amide bonds. The molecular formula is C33H46N4O6. The Balaban J connectivity index is 1.72. The summed E-state index contributed by atoms with van der Waals surface area (Å²) in [5.74, 6) is -1.50. The number of aliphatic carboxylic acids is 2. The highest BCUT2D eigenvalue weighted by Crippen LogP contribution is 2.37. The zero-order valence-electron chi connectivity index (χ0n) is 26.0. The van der Waals surface area contributed by atoms with Gasteiger partial charge in [-0.25, -0.2) is 0 Å². The first kappa shape index (κ1) is 32.1. The van der Waals surface area contributed by atoms with E-state index in [0.717, 1.165) is 57.0 Å². The van der Waals surface area contributed by atoms with Gasteiger partial charge in [-0.3, -0.25) is 14.4 Å². The number of carbonyl (C=O) groups is 3. The van der Waals surface area contributed by atoms with E-state index in [1.54, 1.807) is 0 Å². The molecule has 2 saturated heterocycles. The Hall–Kier alpha value is -3.79. The van der Waals surface area contributed by atoms with Gasteiger partial charge in [0.15, 0.2) is 0 Å². The van der Waals surface area contributed by atoms with Crippen LogP contribution in [-0.2, 0) is 20.8 Å². The summed E-state index contributed by atoms with van der Waals surface area (Å²) in [5, 5.41) is 39.3. The minimum Gasteiger partial charge on any atom is -0.481 e. The van der Waals surface area contributed by atoms with Crippen molar-refractivity contribution >= 4 is 30.0 Å². The normalized spacial score (nSPS) is 29.9. The monoisotopic (exact) mass is 594 g/mol. The van der Waals surface area contributed by atoms with Crippen LogP contribution in [0.15, 0.2) is 34.2 Å². The Morgan fingerprint density at radius 2 is 1.63 bits per heavy atom. The van der Waals surface area contributed by atoms with Crippen molar-refractivity contribution in [2.45, 2.75) is 98.4 Å². The van der Waals surface area contributed by atoms with Crippen LogP contribution in [0.4, 0.5) is 0 Å². The van der Waals surface area contributed by atoms with E-state index in [1.807, 2.05) is 52.8 Å². The summed E-state index contributed by atoms with van der Waals surface area (Å²) in [6, 6.07) is -0.137. The van der Waals surface area contributed by atoms with E-state index in [1.165, 1.54) is 0 Å². The van der Waals surface area contributed by atoms with Gasteiger partial charge in [-0.05, 0) is 80.9 Å². The summed E-state index contributed by atoms with van der Waals surface area (Å²) in [7, 11) is 0. The lowest BCUT2D eigenvalue weighted by Crippen LogP contribution is -2.36. The summed E-state index contributed by atoms with van der Waals surface area (Å²) in [6.07, 6.45) is 7.38. The maximum absolute atomic E-state index is 12.5. The van der Waals surface area contributed by atoms with Crippen LogP contribution in [0, 0.1) is 24.7 Å². The molecule has 0 spiro atoms. The van der Waals surface area contributed by atoms with Crippen molar-refractivity contribution in [3.05, 3.63) is 56.7 Å². The van der Waals surface area contributed by atoms with E-state index in [9.17, 15) is 29.7 Å². The second kappa shape index (κ2) is 13.2. The molecule has 4 heterocycles. The minimum atomic E-state index is -0.885. The van der Waals surface area contributed by atoms with Gasteiger partial charge in [0.25, 0.3) is 0 Å². The zero-order chi connectivity index (χ0) is 31.6. The number of aliphatic hydroxyl groups is 1. The first-order valence-electron chi connectivity index (χ1n) is 15.3. The summed E-state index contributed by atoms with van der Waals surface area (Å²) in [4.78, 5) is 39.0. The van der Waals surface area contributed by atoms with Crippen molar-refractivity contribution in [1.29, 1.82) is 0 Å². The van der Waals surface area contributed by atoms with Crippen LogP contribution in [0.25, 0.3) is 12.2 Å². The van der Waals surface area contributed by atoms with Crippen LogP contribution in [0.5, 0.6) is 0 Å². The van der Waals surface area contributed by atoms with E-state index in [-0.39, 0.29) is 48.6 Å². The van der Waals surface area contributed by atoms with Crippen LogP contribution in [-0.4, -0.2) is 56.5 Å². The molecule has 0 aliphatic carbocycles. The Kier molecular flexibility index (Phi) is 9.89. The molecule has 4 rings (SSSR count). The Labute approximate surface area is 253 Å². The fourth-order valence-electron chi connectivity index (χ4n) is 6.90. The number of amides is 1. The lowest BCUT2D eigenvalue weighted by Gasteiger charge is -2.21. The van der Waals surface area contributed by atoms with Crippen LogP contribution in [0.3, 0.4) is 0 Å². The Morgan fingerprint density at radius 3 is 2.23 bits per heavy atom. The minimum absolute atomic E-state index is 0.0186. The molecular weight excluding hydrogens is 548 g/mol. The highest BCUT2D eigenvalue weighted by atomic mass is 16.4. The van der Waals surface area contributed by atoms with E-state index in [0.29, 0.717) is 19.3 Å². The Morgan fingerprint density at radius 1 is 0.953 bits per heavy atom. The maximum atomic E-state index is 12.5. The summed E-state index contributed by atoms with van der Waals surface area (Å²) >= 11 is 0. The lowest BCUT2D eigenvalue weighted by molar-refractivity contribution is -0.138. The largest absolute Gasteiger partial charge is 0.481 e. The SMILES string of the molecule is C/C=C1\C(=O)N[C@H](CC2N/C(=C\c3[nH]c(/C=C4\NC(O)[C@H](C)[C@H]4CC)c(C)c3CCC(=O)O)C(CCC(=O)O)=C2C)C1C. The number of carboxylic acid groups (broad SMARTS) is 2. The highest BCUT2D eigenvalue weighted by Gasteiger charge is 2.38. The number of aromatic amines is 1. The topological polar surface area (TPSA) is 164 Å². The standard InChI is InChI=1S/C33H46N4O6/c1-7-20-19(6)32(42)37-27(20)14-25-18(5)23(10-12-31(40)41)29(35-25)15-28-22(9-11-30(38)39)17(4)24(34-28)13-26-16(3)21(8-2)33(43)36-26/h8,14-16,19-20,24,26,32,34-35,37,42H,7,9-13H2,1-6H3,(H,36,43)(H,38,39)(H,40,41)/b21-8-,27-14-,28-15-/t16?,19-,20-,24?,26-,32?/m1/s1. The zero-order valence-corrected chi connectivity index (χ0v) is 26.0. The average Bonchev–Trinajstić information content (AvgIpc) is 3.59. The molecule has 3 aliphatic heterocycles. The van der Waals surface area contributed by atoms with Crippen molar-refractivity contribution in [3.8, 4) is 0 Å². The molecule has 10 nitrogen and oxygen atoms in total. The molecule has 10 heteroatoms. The second-order valence-electron chi connectivity index (χ2n) is 12.2. The van der Waals surface area contributed by atoms with E-state index in [2.05, 4.69) is 27.9 Å². The van der Waals surface area contributed by atoms with Crippen LogP contribution in [0.2, 0.25) is 0 Å². The molecule has 43 heavy (non-hydrogen) atoms. The smallest absolute Gasteiger partial charge is 0.303 e. The third-order valence-corrected chi connectivity index (χ3v) is 9.63. The molecule has 0 saturated carbocycles. The molecule has 6 atom stereocenters. The fourth-order valence-corrected chi connectivity index (χ4v) is 6.90. The van der Waals surface area contributed by atoms with Gasteiger partial charge in [0.05, 0.1) is 0 Å². The molecule has 3 aliphatic rings. The van der Waals surface area contributed by atoms with Gasteiger partial charge in [0.2, 0.25) is 5.91 Å². The fraction of sp³-hybridized carbons (Fsp3) is 0.545. The number of H-pyrrole nitrogens is 1. The quantitative estimate of drug-likeness (QED) is 0.187. The van der Waals surface area contributed by atoms with Gasteiger partial charge in [0.1, 0.15) is 6.23 Å². The van der Waals surface area contributed by atoms with Crippen molar-refractivity contribution in [2.24, 2.45) is 17.8 Å². The third kappa shape index (κ3) is 6.74. The van der Waals surface area contributed by atoms with Crippen LogP contribution >= 0.6 is 0 Å². The third-order valence-electron chi connectivity index (χ3n) is 9.63. The van der Waals surface area contributed by atoms with E-state index in [4.69, 9.17) is 0 Å². The number of carbonyl (C=O) groups excluding carboxylic acids is 1. The predicted octanol–water partition coefficient (Wildman–Crippen LogP) is 4.23. The Bertz CT molecular complexity index is 1400. The number of carboxylic acids is 2. The van der Waals surface area contributed by atoms with Gasteiger partial charge in [-0.15, -0.1) is 0 Å². The number of aromatic nitrogens is 1. The highest BCUT2D eigenvalue weighted by molar-refractivity contribution is 5.96. The number of hydrogen-bond acceptors (Lipinski definition) is 6. The number of rotatable bonds is 11. The van der Waals surface area contributed by atoms with Crippen molar-refractivity contribution in [2.75, 3.05) is 0 Å². The molecule has 7 N–H and O–H groups in total. The molecule has 0 aromatic carbocycles. The van der Waals surface area contributed by atoms with Gasteiger partial charge >= 0.3 is 11.9 Å². The molecule has 3 unspecified atom stereocenters. The summed E-state index contributed by atoms with van der Waals surface area (Å²) < 4.78 is 0. The maximum Gasteiger partial charge on any atom is 0.303 e. The van der Waals surface area contributed by atoms with Crippen LogP contribution in [0.1, 0.15) is 89.2 Å². The molecule has 2 fully saturated rings. The van der Waals surface area contributed by atoms with Crippen molar-refractivity contribution in [1.82, 2.24) is 20.9 Å². The predicted molar refractivity (Wildman–Crippen MR) is 165 cm³/mol. The molecule has 1 aromatic rings. The van der Waals surface area contributed by atoms with Crippen molar-refractivity contribution in [3.63, 3.8) is 0 Å². The van der Waals surface area contributed by atoms with Gasteiger partial charge < -0.3 is 36.3 Å². The number of aliphatic hydroxyl groups excluding tert-OH is 1. The summed E-state index contributed by atoms with van der Waals surface area (Å²) in [5.41, 5.74) is 7.94. The van der Waals surface area contributed by atoms with E-state index < -0.39 is 18.2 Å².